The van der Waals surface area contributed by atoms with Crippen molar-refractivity contribution in [2.45, 2.75) is 6.17 Å². The summed E-state index contributed by atoms with van der Waals surface area (Å²) in [5.41, 5.74) is 5.02. The van der Waals surface area contributed by atoms with Gasteiger partial charge in [0.25, 0.3) is 5.91 Å². The number of para-hydroxylation sites is 2. The molecule has 2 aromatic heterocycles. The first-order valence-electron chi connectivity index (χ1n) is 9.01. The van der Waals surface area contributed by atoms with E-state index in [0.717, 1.165) is 28.2 Å². The number of amides is 1. The number of hydrogen-bond acceptors (Lipinski definition) is 4. The van der Waals surface area contributed by atoms with Crippen LogP contribution in [0, 0.1) is 0 Å². The van der Waals surface area contributed by atoms with E-state index in [0.29, 0.717) is 5.56 Å². The molecule has 1 atom stereocenters. The molecule has 1 unspecified atom stereocenters. The van der Waals surface area contributed by atoms with Gasteiger partial charge in [-0.2, -0.15) is 5.10 Å². The lowest BCUT2D eigenvalue weighted by Crippen LogP contribution is -2.38. The van der Waals surface area contributed by atoms with E-state index in [4.69, 9.17) is 5.10 Å². The number of pyridine rings is 1. The zero-order chi connectivity index (χ0) is 18.9. The fourth-order valence-corrected chi connectivity index (χ4v) is 3.41. The summed E-state index contributed by atoms with van der Waals surface area (Å²) in [6.07, 6.45) is 5.05. The minimum absolute atomic E-state index is 0.104. The minimum Gasteiger partial charge on any atom is -0.361 e. The van der Waals surface area contributed by atoms with Crippen LogP contribution in [-0.4, -0.2) is 20.7 Å². The SMILES string of the molecule is O=C1NC(c2cn(-c3ccccc3)nc2-c2ccncc2)Nc2ccccc21. The third-order valence-electron chi connectivity index (χ3n) is 4.78. The predicted octanol–water partition coefficient (Wildman–Crippen LogP) is 3.79. The van der Waals surface area contributed by atoms with Crippen LogP contribution >= 0.6 is 0 Å². The number of carbonyl (C=O) groups is 1. The molecule has 6 nitrogen and oxygen atoms in total. The molecular weight excluding hydrogens is 350 g/mol. The van der Waals surface area contributed by atoms with Gasteiger partial charge in [0.2, 0.25) is 0 Å². The van der Waals surface area contributed by atoms with Gasteiger partial charge in [-0.15, -0.1) is 0 Å². The number of aromatic nitrogens is 3. The van der Waals surface area contributed by atoms with Gasteiger partial charge >= 0.3 is 0 Å². The monoisotopic (exact) mass is 367 g/mol. The Bertz CT molecular complexity index is 1140. The van der Waals surface area contributed by atoms with E-state index in [1.807, 2.05) is 77.6 Å². The number of benzene rings is 2. The number of fused-ring (bicyclic) bond motifs is 1. The van der Waals surface area contributed by atoms with Gasteiger partial charge in [0, 0.05) is 35.4 Å². The molecule has 0 radical (unpaired) electrons. The third-order valence-corrected chi connectivity index (χ3v) is 4.78. The largest absolute Gasteiger partial charge is 0.361 e. The Morgan fingerprint density at radius 2 is 1.61 bits per heavy atom. The molecule has 3 heterocycles. The van der Waals surface area contributed by atoms with Crippen LogP contribution < -0.4 is 10.6 Å². The Kier molecular flexibility index (Phi) is 3.87. The van der Waals surface area contributed by atoms with Gasteiger partial charge in [-0.25, -0.2) is 4.68 Å². The van der Waals surface area contributed by atoms with Crippen LogP contribution in [0.4, 0.5) is 5.69 Å². The van der Waals surface area contributed by atoms with Crippen molar-refractivity contribution < 1.29 is 4.79 Å². The van der Waals surface area contributed by atoms with Crippen molar-refractivity contribution in [3.63, 3.8) is 0 Å². The first-order chi connectivity index (χ1) is 13.8. The maximum Gasteiger partial charge on any atom is 0.255 e. The lowest BCUT2D eigenvalue weighted by molar-refractivity contribution is 0.0936. The Balaban J connectivity index is 1.62. The molecule has 0 saturated carbocycles. The van der Waals surface area contributed by atoms with Gasteiger partial charge < -0.3 is 10.6 Å². The number of rotatable bonds is 3. The van der Waals surface area contributed by atoms with Gasteiger partial charge in [-0.05, 0) is 36.4 Å². The summed E-state index contributed by atoms with van der Waals surface area (Å²) in [7, 11) is 0. The lowest BCUT2D eigenvalue weighted by Gasteiger charge is -2.27. The van der Waals surface area contributed by atoms with Gasteiger partial charge in [0.1, 0.15) is 6.17 Å². The van der Waals surface area contributed by atoms with Crippen LogP contribution in [0.15, 0.2) is 85.3 Å². The fourth-order valence-electron chi connectivity index (χ4n) is 3.41. The van der Waals surface area contributed by atoms with Crippen molar-refractivity contribution in [2.24, 2.45) is 0 Å². The molecule has 0 fully saturated rings. The number of nitrogens with zero attached hydrogens (tertiary/aromatic N) is 3. The molecule has 0 bridgehead atoms. The molecule has 0 aliphatic carbocycles. The molecule has 2 N–H and O–H groups in total. The van der Waals surface area contributed by atoms with E-state index in [9.17, 15) is 4.79 Å². The quantitative estimate of drug-likeness (QED) is 0.578. The number of nitrogens with one attached hydrogen (secondary N) is 2. The normalized spacial score (nSPS) is 15.4. The second kappa shape index (κ2) is 6.66. The van der Waals surface area contributed by atoms with Crippen LogP contribution in [-0.2, 0) is 0 Å². The summed E-state index contributed by atoms with van der Waals surface area (Å²) in [6.45, 7) is 0. The summed E-state index contributed by atoms with van der Waals surface area (Å²) >= 11 is 0. The van der Waals surface area contributed by atoms with Crippen molar-refractivity contribution in [1.29, 1.82) is 0 Å². The topological polar surface area (TPSA) is 71.8 Å². The Labute approximate surface area is 161 Å². The molecule has 4 aromatic rings. The molecular formula is C22H17N5O. The van der Waals surface area contributed by atoms with Gasteiger partial charge in [-0.3, -0.25) is 9.78 Å². The number of hydrogen-bond donors (Lipinski definition) is 2. The lowest BCUT2D eigenvalue weighted by atomic mass is 10.0. The molecule has 1 aliphatic rings. The van der Waals surface area contributed by atoms with E-state index >= 15 is 0 Å². The van der Waals surface area contributed by atoms with Crippen LogP contribution in [0.25, 0.3) is 16.9 Å². The van der Waals surface area contributed by atoms with Crippen LogP contribution in [0.5, 0.6) is 0 Å². The summed E-state index contributed by atoms with van der Waals surface area (Å²) in [5.74, 6) is -0.104. The Morgan fingerprint density at radius 3 is 2.43 bits per heavy atom. The summed E-state index contributed by atoms with van der Waals surface area (Å²) in [5, 5.41) is 11.3. The van der Waals surface area contributed by atoms with E-state index in [1.165, 1.54) is 0 Å². The molecule has 136 valence electrons. The highest BCUT2D eigenvalue weighted by Gasteiger charge is 2.28. The van der Waals surface area contributed by atoms with E-state index in [1.54, 1.807) is 12.4 Å². The average molecular weight is 367 g/mol. The summed E-state index contributed by atoms with van der Waals surface area (Å²) < 4.78 is 1.83. The van der Waals surface area contributed by atoms with Crippen molar-refractivity contribution in [2.75, 3.05) is 5.32 Å². The number of carbonyl (C=O) groups excluding carboxylic acids is 1. The molecule has 28 heavy (non-hydrogen) atoms. The molecule has 5 rings (SSSR count). The fraction of sp³-hybridized carbons (Fsp3) is 0.0455. The molecule has 1 amide bonds. The van der Waals surface area contributed by atoms with Crippen molar-refractivity contribution in [3.8, 4) is 16.9 Å². The predicted molar refractivity (Wildman–Crippen MR) is 107 cm³/mol. The molecule has 0 spiro atoms. The maximum absolute atomic E-state index is 12.6. The second-order valence-corrected chi connectivity index (χ2v) is 6.55. The first-order valence-corrected chi connectivity index (χ1v) is 9.01. The van der Waals surface area contributed by atoms with E-state index in [2.05, 4.69) is 15.6 Å². The summed E-state index contributed by atoms with van der Waals surface area (Å²) in [6, 6.07) is 21.2. The van der Waals surface area contributed by atoms with Crippen molar-refractivity contribution >= 4 is 11.6 Å². The van der Waals surface area contributed by atoms with Crippen molar-refractivity contribution in [3.05, 3.63) is 96.4 Å². The highest BCUT2D eigenvalue weighted by atomic mass is 16.2. The van der Waals surface area contributed by atoms with E-state index < -0.39 is 0 Å². The van der Waals surface area contributed by atoms with Crippen molar-refractivity contribution in [1.82, 2.24) is 20.1 Å². The Hall–Kier alpha value is -3.93. The second-order valence-electron chi connectivity index (χ2n) is 6.55. The molecule has 1 aliphatic heterocycles. The molecule has 6 heteroatoms. The smallest absolute Gasteiger partial charge is 0.255 e. The standard InChI is InChI=1S/C22H17N5O/c28-22-17-8-4-5-9-19(17)24-21(25-22)18-14-27(16-6-2-1-3-7-16)26-20(18)15-10-12-23-13-11-15/h1-14,21,24H,(H,25,28). The Morgan fingerprint density at radius 1 is 0.857 bits per heavy atom. The molecule has 0 saturated heterocycles. The highest BCUT2D eigenvalue weighted by molar-refractivity contribution is 6.01. The highest BCUT2D eigenvalue weighted by Crippen LogP contribution is 2.32. The zero-order valence-electron chi connectivity index (χ0n) is 14.9. The van der Waals surface area contributed by atoms with Crippen LogP contribution in [0.2, 0.25) is 0 Å². The molecule has 2 aromatic carbocycles. The average Bonchev–Trinajstić information content (AvgIpc) is 3.21. The van der Waals surface area contributed by atoms with Gasteiger partial charge in [-0.1, -0.05) is 30.3 Å². The first kappa shape index (κ1) is 16.3. The third kappa shape index (κ3) is 2.81. The maximum atomic E-state index is 12.6. The van der Waals surface area contributed by atoms with Gasteiger partial charge in [0.15, 0.2) is 0 Å². The minimum atomic E-state index is -0.386. The van der Waals surface area contributed by atoms with Gasteiger partial charge in [0.05, 0.1) is 16.9 Å². The van der Waals surface area contributed by atoms with E-state index in [-0.39, 0.29) is 12.1 Å². The number of anilines is 1. The van der Waals surface area contributed by atoms with Crippen LogP contribution in [0.1, 0.15) is 22.1 Å². The zero-order valence-corrected chi connectivity index (χ0v) is 14.9. The van der Waals surface area contributed by atoms with Crippen LogP contribution in [0.3, 0.4) is 0 Å². The summed E-state index contributed by atoms with van der Waals surface area (Å²) in [4.78, 5) is 16.7.